The summed E-state index contributed by atoms with van der Waals surface area (Å²) in [5.74, 6) is -0.210. The Kier molecular flexibility index (Phi) is 37.6. The molecule has 0 amide bonds. The second-order valence-electron chi connectivity index (χ2n) is 15.0. The molecule has 0 fully saturated rings. The Morgan fingerprint density at radius 1 is 0.370 bits per heavy atom. The molecule has 0 aliphatic heterocycles. The molecule has 0 aliphatic rings. The van der Waals surface area contributed by atoms with Gasteiger partial charge in [0.1, 0.15) is 0 Å². The highest BCUT2D eigenvalue weighted by Crippen LogP contribution is 2.18. The molecule has 0 bridgehead atoms. The maximum Gasteiger partial charge on any atom is 0.0948 e. The molecular formula is C40H85NO4S. The molecule has 0 aromatic carbocycles. The van der Waals surface area contributed by atoms with Crippen molar-refractivity contribution in [2.75, 3.05) is 32.4 Å². The van der Waals surface area contributed by atoms with Gasteiger partial charge in [-0.15, -0.1) is 0 Å². The van der Waals surface area contributed by atoms with Crippen molar-refractivity contribution >= 4 is 10.1 Å². The summed E-state index contributed by atoms with van der Waals surface area (Å²) in [7, 11) is -1.81. The summed E-state index contributed by atoms with van der Waals surface area (Å²) in [5, 5.41) is 0. The molecule has 2 N–H and O–H groups in total. The molecule has 0 aliphatic carbocycles. The molecule has 0 saturated carbocycles. The van der Waals surface area contributed by atoms with Gasteiger partial charge >= 0.3 is 0 Å². The minimum Gasteiger partial charge on any atom is -0.748 e. The molecule has 280 valence electrons. The predicted octanol–water partition coefficient (Wildman–Crippen LogP) is 12.1. The number of rotatable bonds is 38. The van der Waals surface area contributed by atoms with Crippen molar-refractivity contribution in [3.05, 3.63) is 0 Å². The molecule has 0 atom stereocenters. The average Bonchev–Trinajstić information content (AvgIpc) is 3.00. The van der Waals surface area contributed by atoms with Crippen molar-refractivity contribution in [3.63, 3.8) is 0 Å². The Morgan fingerprint density at radius 2 is 0.565 bits per heavy atom. The molecule has 6 heteroatoms. The average molecular weight is 676 g/mol. The van der Waals surface area contributed by atoms with Gasteiger partial charge < -0.3 is 14.5 Å². The molecule has 5 nitrogen and oxygen atoms in total. The van der Waals surface area contributed by atoms with Gasteiger partial charge in [0.15, 0.2) is 0 Å². The van der Waals surface area contributed by atoms with Crippen LogP contribution in [0.4, 0.5) is 0 Å². The van der Waals surface area contributed by atoms with E-state index in [1.165, 1.54) is 205 Å². The fourth-order valence-electron chi connectivity index (χ4n) is 7.04. The molecule has 0 rings (SSSR count). The Morgan fingerprint density at radius 3 is 0.783 bits per heavy atom. The minimum absolute atomic E-state index is 0. The van der Waals surface area contributed by atoms with E-state index in [1.54, 1.807) is 0 Å². The third-order valence-electron chi connectivity index (χ3n) is 10.2. The quantitative estimate of drug-likeness (QED) is 0.0370. The summed E-state index contributed by atoms with van der Waals surface area (Å²) in [6, 6.07) is 0. The van der Waals surface area contributed by atoms with Crippen LogP contribution in [0.2, 0.25) is 0 Å². The largest absolute Gasteiger partial charge is 0.748 e. The number of quaternary nitrogens is 1. The molecule has 0 unspecified atom stereocenters. The summed E-state index contributed by atoms with van der Waals surface area (Å²) in [5.41, 5.74) is 0. The Bertz CT molecular complexity index is 649. The summed E-state index contributed by atoms with van der Waals surface area (Å²) < 4.78 is 34.5. The molecule has 46 heavy (non-hydrogen) atoms. The van der Waals surface area contributed by atoms with Crippen molar-refractivity contribution in [1.82, 2.24) is 0 Å². The van der Waals surface area contributed by atoms with Crippen LogP contribution in [-0.4, -0.2) is 55.4 Å². The van der Waals surface area contributed by atoms with Crippen molar-refractivity contribution in [2.24, 2.45) is 0 Å². The van der Waals surface area contributed by atoms with Crippen LogP contribution in [0.1, 0.15) is 226 Å². The van der Waals surface area contributed by atoms with E-state index in [-0.39, 0.29) is 11.2 Å². The Balaban J connectivity index is 0. The van der Waals surface area contributed by atoms with Gasteiger partial charge in [-0.05, 0) is 25.7 Å². The standard InChI is InChI=1S/C40H83NO3S.H2O/c1-4-6-8-10-12-14-16-18-20-22-24-26-28-30-32-34-37-41(3,39-36-40-45(42,43)44)38-35-33-31-29-27-25-23-21-19-17-15-13-11-9-7-5-2;/h4-40H2,1-3H3;1H2. The smallest absolute Gasteiger partial charge is 0.0948 e. The van der Waals surface area contributed by atoms with Crippen LogP contribution in [0.25, 0.3) is 0 Å². The van der Waals surface area contributed by atoms with Crippen molar-refractivity contribution in [2.45, 2.75) is 226 Å². The van der Waals surface area contributed by atoms with Gasteiger partial charge in [-0.3, -0.25) is 0 Å². The predicted molar refractivity (Wildman–Crippen MR) is 203 cm³/mol. The molecule has 0 heterocycles. The van der Waals surface area contributed by atoms with Crippen LogP contribution < -0.4 is 0 Å². The lowest BCUT2D eigenvalue weighted by atomic mass is 10.0. The lowest BCUT2D eigenvalue weighted by molar-refractivity contribution is -0.910. The van der Waals surface area contributed by atoms with Gasteiger partial charge in [-0.2, -0.15) is 0 Å². The zero-order valence-corrected chi connectivity index (χ0v) is 32.6. The minimum atomic E-state index is -4.11. The van der Waals surface area contributed by atoms with Crippen LogP contribution >= 0.6 is 0 Å². The SMILES string of the molecule is CCCCCCCCCCCCCCCCCC[N+](C)(CCCCCCCCCCCCCCCCCC)CCCS(=O)(=O)[O-].O. The van der Waals surface area contributed by atoms with Crippen LogP contribution in [-0.2, 0) is 10.1 Å². The van der Waals surface area contributed by atoms with E-state index < -0.39 is 10.1 Å². The second kappa shape index (κ2) is 36.1. The first-order chi connectivity index (χ1) is 21.8. The van der Waals surface area contributed by atoms with Crippen LogP contribution in [0.5, 0.6) is 0 Å². The Labute approximate surface area is 290 Å². The fourth-order valence-corrected chi connectivity index (χ4v) is 7.52. The highest BCUT2D eigenvalue weighted by molar-refractivity contribution is 7.85. The summed E-state index contributed by atoms with van der Waals surface area (Å²) >= 11 is 0. The van der Waals surface area contributed by atoms with Gasteiger partial charge in [-0.1, -0.05) is 194 Å². The zero-order valence-electron chi connectivity index (χ0n) is 31.7. The van der Waals surface area contributed by atoms with Gasteiger partial charge in [0.25, 0.3) is 0 Å². The lowest BCUT2D eigenvalue weighted by Crippen LogP contribution is -2.46. The van der Waals surface area contributed by atoms with Crippen LogP contribution in [0.3, 0.4) is 0 Å². The topological polar surface area (TPSA) is 88.7 Å². The third-order valence-corrected chi connectivity index (χ3v) is 11.0. The normalized spacial score (nSPS) is 12.1. The van der Waals surface area contributed by atoms with E-state index in [1.807, 2.05) is 0 Å². The Hall–Kier alpha value is -0.170. The first-order valence-electron chi connectivity index (χ1n) is 20.6. The maximum atomic E-state index is 11.2. The van der Waals surface area contributed by atoms with Crippen LogP contribution in [0, 0.1) is 0 Å². The van der Waals surface area contributed by atoms with E-state index >= 15 is 0 Å². The molecular weight excluding hydrogens is 591 g/mol. The van der Waals surface area contributed by atoms with E-state index in [2.05, 4.69) is 20.9 Å². The molecule has 0 spiro atoms. The van der Waals surface area contributed by atoms with Gasteiger partial charge in [0.05, 0.1) is 36.8 Å². The summed E-state index contributed by atoms with van der Waals surface area (Å²) in [6.45, 7) is 7.64. The van der Waals surface area contributed by atoms with Crippen LogP contribution in [0.15, 0.2) is 0 Å². The van der Waals surface area contributed by atoms with E-state index in [4.69, 9.17) is 0 Å². The van der Waals surface area contributed by atoms with Crippen molar-refractivity contribution in [1.29, 1.82) is 0 Å². The fraction of sp³-hybridized carbons (Fsp3) is 1.00. The number of hydrogen-bond acceptors (Lipinski definition) is 3. The first-order valence-corrected chi connectivity index (χ1v) is 22.2. The third kappa shape index (κ3) is 38.3. The lowest BCUT2D eigenvalue weighted by Gasteiger charge is -2.35. The molecule has 0 radical (unpaired) electrons. The van der Waals surface area contributed by atoms with Crippen molar-refractivity contribution < 1.29 is 22.9 Å². The highest BCUT2D eigenvalue weighted by atomic mass is 32.2. The maximum absolute atomic E-state index is 11.2. The van der Waals surface area contributed by atoms with E-state index in [0.717, 1.165) is 24.1 Å². The van der Waals surface area contributed by atoms with Gasteiger partial charge in [-0.25, -0.2) is 8.42 Å². The van der Waals surface area contributed by atoms with Crippen molar-refractivity contribution in [3.8, 4) is 0 Å². The van der Waals surface area contributed by atoms with E-state index in [9.17, 15) is 13.0 Å². The number of unbranched alkanes of at least 4 members (excludes halogenated alkanes) is 30. The zero-order chi connectivity index (χ0) is 33.2. The summed E-state index contributed by atoms with van der Waals surface area (Å²) in [6.07, 6.45) is 44.8. The summed E-state index contributed by atoms with van der Waals surface area (Å²) in [4.78, 5) is 0. The second-order valence-corrected chi connectivity index (χ2v) is 16.5. The molecule has 0 saturated heterocycles. The van der Waals surface area contributed by atoms with E-state index in [0.29, 0.717) is 6.42 Å². The first kappa shape index (κ1) is 47.9. The van der Waals surface area contributed by atoms with Gasteiger partial charge in [0, 0.05) is 12.2 Å². The molecule has 0 aromatic heterocycles. The monoisotopic (exact) mass is 676 g/mol. The number of nitrogens with zero attached hydrogens (tertiary/aromatic N) is 1. The molecule has 0 aromatic rings. The number of hydrogen-bond donors (Lipinski definition) is 0. The highest BCUT2D eigenvalue weighted by Gasteiger charge is 2.20. The van der Waals surface area contributed by atoms with Gasteiger partial charge in [0.2, 0.25) is 0 Å².